The summed E-state index contributed by atoms with van der Waals surface area (Å²) in [5.74, 6) is -0.635. The number of rotatable bonds is 6. The van der Waals surface area contributed by atoms with E-state index in [2.05, 4.69) is 21.9 Å². The maximum absolute atomic E-state index is 12.8. The van der Waals surface area contributed by atoms with Gasteiger partial charge in [0.2, 0.25) is 0 Å². The van der Waals surface area contributed by atoms with E-state index in [-0.39, 0.29) is 23.1 Å². The van der Waals surface area contributed by atoms with Crippen molar-refractivity contribution >= 4 is 0 Å². The lowest BCUT2D eigenvalue weighted by atomic mass is 9.76. The van der Waals surface area contributed by atoms with E-state index >= 15 is 0 Å². The number of ether oxygens (including phenoxy) is 1. The first-order valence-electron chi connectivity index (χ1n) is 8.55. The predicted molar refractivity (Wildman–Crippen MR) is 100 cm³/mol. The third-order valence-electron chi connectivity index (χ3n) is 4.82. The molecule has 1 aliphatic rings. The van der Waals surface area contributed by atoms with Gasteiger partial charge in [0.1, 0.15) is 0 Å². The third kappa shape index (κ3) is 3.06. The van der Waals surface area contributed by atoms with Crippen LogP contribution in [0.25, 0.3) is 0 Å². The normalized spacial score (nSPS) is 20.4. The first-order chi connectivity index (χ1) is 12.5. The second kappa shape index (κ2) is 7.21. The van der Waals surface area contributed by atoms with Crippen molar-refractivity contribution in [3.05, 3.63) is 80.2 Å². The zero-order chi connectivity index (χ0) is 18.8. The monoisotopic (exact) mass is 356 g/mol. The molecular formula is C19H24N4O3. The summed E-state index contributed by atoms with van der Waals surface area (Å²) in [6, 6.07) is 0. The van der Waals surface area contributed by atoms with E-state index in [0.29, 0.717) is 23.4 Å². The smallest absolute Gasteiger partial charge is 0.270 e. The van der Waals surface area contributed by atoms with Gasteiger partial charge in [0.25, 0.3) is 11.1 Å². The van der Waals surface area contributed by atoms with Crippen LogP contribution in [0.1, 0.15) is 28.4 Å². The van der Waals surface area contributed by atoms with Crippen LogP contribution in [-0.2, 0) is 11.8 Å². The molecule has 0 unspecified atom stereocenters. The van der Waals surface area contributed by atoms with Crippen LogP contribution in [0.5, 0.6) is 0 Å². The van der Waals surface area contributed by atoms with Gasteiger partial charge in [-0.05, 0) is 13.8 Å². The van der Waals surface area contributed by atoms with E-state index in [9.17, 15) is 9.59 Å². The Morgan fingerprint density at radius 2 is 1.92 bits per heavy atom. The summed E-state index contributed by atoms with van der Waals surface area (Å²) < 4.78 is 7.35. The second-order valence-corrected chi connectivity index (χ2v) is 6.54. The molecule has 0 bridgehead atoms. The molecule has 3 atom stereocenters. The van der Waals surface area contributed by atoms with Crippen molar-refractivity contribution in [1.29, 1.82) is 0 Å². The first-order valence-corrected chi connectivity index (χ1v) is 8.55. The van der Waals surface area contributed by atoms with Gasteiger partial charge in [-0.1, -0.05) is 30.4 Å². The van der Waals surface area contributed by atoms with Gasteiger partial charge in [-0.2, -0.15) is 0 Å². The van der Waals surface area contributed by atoms with Crippen molar-refractivity contribution in [2.75, 3.05) is 6.61 Å². The molecule has 3 N–H and O–H groups in total. The second-order valence-electron chi connectivity index (χ2n) is 6.54. The van der Waals surface area contributed by atoms with E-state index in [1.165, 1.54) is 4.68 Å². The van der Waals surface area contributed by atoms with Crippen molar-refractivity contribution in [1.82, 2.24) is 20.0 Å². The summed E-state index contributed by atoms with van der Waals surface area (Å²) in [5, 5.41) is 8.54. The molecule has 0 aromatic carbocycles. The molecule has 2 aromatic heterocycles. The summed E-state index contributed by atoms with van der Waals surface area (Å²) in [6.07, 6.45) is 9.20. The van der Waals surface area contributed by atoms with Crippen molar-refractivity contribution in [3.8, 4) is 0 Å². The number of nitrogens with one attached hydrogen (secondary N) is 3. The summed E-state index contributed by atoms with van der Waals surface area (Å²) in [5.41, 5.74) is 2.24. The predicted octanol–water partition coefficient (Wildman–Crippen LogP) is 1.79. The van der Waals surface area contributed by atoms with E-state index in [0.717, 1.165) is 5.69 Å². The maximum atomic E-state index is 12.8. The molecule has 0 saturated carbocycles. The lowest BCUT2D eigenvalue weighted by molar-refractivity contribution is 0.0726. The van der Waals surface area contributed by atoms with Crippen LogP contribution in [0.15, 0.2) is 46.5 Å². The zero-order valence-corrected chi connectivity index (χ0v) is 15.2. The van der Waals surface area contributed by atoms with Crippen LogP contribution in [0.4, 0.5) is 0 Å². The van der Waals surface area contributed by atoms with Gasteiger partial charge in [-0.15, -0.1) is 6.58 Å². The van der Waals surface area contributed by atoms with Crippen LogP contribution in [-0.4, -0.2) is 32.7 Å². The molecule has 0 radical (unpaired) electrons. The highest BCUT2D eigenvalue weighted by atomic mass is 16.5. The number of hydrogen-bond donors (Lipinski definition) is 3. The molecule has 0 amide bonds. The average molecular weight is 356 g/mol. The molecular weight excluding hydrogens is 332 g/mol. The molecule has 138 valence electrons. The number of hydrogen-bond acceptors (Lipinski definition) is 3. The Balaban J connectivity index is 2.20. The lowest BCUT2D eigenvalue weighted by Gasteiger charge is -2.30. The molecule has 0 saturated heterocycles. The average Bonchev–Trinajstić information content (AvgIpc) is 3.08. The van der Waals surface area contributed by atoms with Crippen LogP contribution >= 0.6 is 0 Å². The Morgan fingerprint density at radius 3 is 2.50 bits per heavy atom. The highest BCUT2D eigenvalue weighted by Gasteiger charge is 2.37. The van der Waals surface area contributed by atoms with E-state index in [4.69, 9.17) is 4.74 Å². The number of allylic oxidation sites excluding steroid dienone is 2. The molecule has 26 heavy (non-hydrogen) atoms. The molecule has 2 heterocycles. The zero-order valence-electron chi connectivity index (χ0n) is 15.2. The summed E-state index contributed by atoms with van der Waals surface area (Å²) in [4.78, 5) is 25.4. The first kappa shape index (κ1) is 18.0. The minimum atomic E-state index is -0.439. The Hall–Kier alpha value is -2.80. The van der Waals surface area contributed by atoms with E-state index < -0.39 is 5.92 Å². The number of nitrogens with zero attached hydrogens (tertiary/aromatic N) is 1. The summed E-state index contributed by atoms with van der Waals surface area (Å²) in [6.45, 7) is 7.76. The van der Waals surface area contributed by atoms with Crippen LogP contribution in [0, 0.1) is 19.8 Å². The fourth-order valence-electron chi connectivity index (χ4n) is 3.68. The molecule has 0 aliphatic heterocycles. The number of H-pyrrole nitrogens is 3. The third-order valence-corrected chi connectivity index (χ3v) is 4.82. The Kier molecular flexibility index (Phi) is 4.99. The molecule has 2 aromatic rings. The van der Waals surface area contributed by atoms with Crippen LogP contribution in [0.3, 0.4) is 0 Å². The van der Waals surface area contributed by atoms with Gasteiger partial charge in [0, 0.05) is 41.4 Å². The number of aromatic amines is 3. The molecule has 0 spiro atoms. The largest absolute Gasteiger partial charge is 0.369 e. The van der Waals surface area contributed by atoms with E-state index in [1.54, 1.807) is 13.1 Å². The van der Waals surface area contributed by atoms with Crippen molar-refractivity contribution in [3.63, 3.8) is 0 Å². The number of aryl methyl sites for hydroxylation is 3. The van der Waals surface area contributed by atoms with Crippen molar-refractivity contribution in [2.45, 2.75) is 25.9 Å². The van der Waals surface area contributed by atoms with Gasteiger partial charge < -0.3 is 9.84 Å². The van der Waals surface area contributed by atoms with Crippen molar-refractivity contribution < 1.29 is 4.74 Å². The van der Waals surface area contributed by atoms with Gasteiger partial charge in [0.15, 0.2) is 0 Å². The lowest BCUT2D eigenvalue weighted by Crippen LogP contribution is -2.34. The minimum Gasteiger partial charge on any atom is -0.369 e. The quantitative estimate of drug-likeness (QED) is 0.689. The molecule has 7 heteroatoms. The maximum Gasteiger partial charge on any atom is 0.270 e. The van der Waals surface area contributed by atoms with Gasteiger partial charge in [-0.25, -0.2) is 0 Å². The van der Waals surface area contributed by atoms with Gasteiger partial charge in [-0.3, -0.25) is 24.5 Å². The molecule has 1 aliphatic carbocycles. The summed E-state index contributed by atoms with van der Waals surface area (Å²) >= 11 is 0. The summed E-state index contributed by atoms with van der Waals surface area (Å²) in [7, 11) is 1.67. The van der Waals surface area contributed by atoms with E-state index in [1.807, 2.05) is 38.2 Å². The Bertz CT molecular complexity index is 970. The fourth-order valence-corrected chi connectivity index (χ4v) is 3.68. The minimum absolute atomic E-state index is 0.141. The SMILES string of the molecule is C=CCO[C@@H]1C=CC=C[C@H]1[C@@H](c1c(C)[nH][nH]c1=O)c1c(C)[nH]n(C)c1=O. The van der Waals surface area contributed by atoms with Crippen LogP contribution < -0.4 is 11.1 Å². The molecule has 3 rings (SSSR count). The highest BCUT2D eigenvalue weighted by molar-refractivity contribution is 5.38. The Morgan fingerprint density at radius 1 is 1.19 bits per heavy atom. The van der Waals surface area contributed by atoms with Crippen molar-refractivity contribution in [2.24, 2.45) is 13.0 Å². The van der Waals surface area contributed by atoms with Crippen LogP contribution in [0.2, 0.25) is 0 Å². The standard InChI is InChI=1S/C19H24N4O3/c1-5-10-26-14-9-7-6-8-13(14)17(15-11(2)20-21-18(15)24)16-12(3)22-23(4)19(16)25/h5-9,13-14,17,22H,1,10H2,2-4H3,(H2,20,21,24)/t13-,14-,17+/m1/s1. The number of aromatic nitrogens is 4. The highest BCUT2D eigenvalue weighted by Crippen LogP contribution is 2.37. The molecule has 7 nitrogen and oxygen atoms in total. The molecule has 0 fully saturated rings. The Labute approximate surface area is 151 Å². The van der Waals surface area contributed by atoms with Gasteiger partial charge >= 0.3 is 0 Å². The fraction of sp³-hybridized carbons (Fsp3) is 0.368. The topological polar surface area (TPSA) is 95.7 Å². The van der Waals surface area contributed by atoms with Gasteiger partial charge in [0.05, 0.1) is 12.7 Å².